The Bertz CT molecular complexity index is 961. The summed E-state index contributed by atoms with van der Waals surface area (Å²) in [5.74, 6) is -0.346. The summed E-state index contributed by atoms with van der Waals surface area (Å²) >= 11 is 5.27. The van der Waals surface area contributed by atoms with Gasteiger partial charge in [0.2, 0.25) is 0 Å². The number of carbonyl (C=O) groups excluding carboxylic acids is 1. The number of piperazine rings is 1. The first-order valence-corrected chi connectivity index (χ1v) is 9.33. The number of alkyl halides is 3. The predicted molar refractivity (Wildman–Crippen MR) is 108 cm³/mol. The highest BCUT2D eigenvalue weighted by Gasteiger charge is 2.34. The highest BCUT2D eigenvalue weighted by molar-refractivity contribution is 7.80. The van der Waals surface area contributed by atoms with Crippen molar-refractivity contribution in [1.29, 1.82) is 0 Å². The normalized spacial score (nSPS) is 14.4. The van der Waals surface area contributed by atoms with E-state index in [1.807, 2.05) is 0 Å². The molecule has 7 nitrogen and oxygen atoms in total. The minimum Gasteiger partial charge on any atom is -0.362 e. The molecule has 1 amide bonds. The molecule has 0 saturated carbocycles. The van der Waals surface area contributed by atoms with Crippen LogP contribution in [0.3, 0.4) is 0 Å². The van der Waals surface area contributed by atoms with Crippen molar-refractivity contribution in [3.05, 3.63) is 69.8 Å². The van der Waals surface area contributed by atoms with Crippen LogP contribution in [0.2, 0.25) is 0 Å². The largest absolute Gasteiger partial charge is 0.416 e. The van der Waals surface area contributed by atoms with Gasteiger partial charge in [0.15, 0.2) is 5.11 Å². The number of nitrogens with zero attached hydrogens (tertiary/aromatic N) is 3. The summed E-state index contributed by atoms with van der Waals surface area (Å²) in [6, 6.07) is 11.0. The van der Waals surface area contributed by atoms with Crippen LogP contribution < -0.4 is 10.2 Å². The maximum atomic E-state index is 12.9. The quantitative estimate of drug-likeness (QED) is 0.449. The van der Waals surface area contributed by atoms with Gasteiger partial charge < -0.3 is 9.80 Å². The smallest absolute Gasteiger partial charge is 0.362 e. The lowest BCUT2D eigenvalue weighted by Gasteiger charge is -2.37. The summed E-state index contributed by atoms with van der Waals surface area (Å²) in [5.41, 5.74) is -1.09. The number of nitro benzene ring substituents is 1. The maximum Gasteiger partial charge on any atom is 0.416 e. The molecule has 2 aromatic carbocycles. The van der Waals surface area contributed by atoms with E-state index in [-0.39, 0.29) is 16.7 Å². The minimum atomic E-state index is -4.66. The van der Waals surface area contributed by atoms with Crippen molar-refractivity contribution in [2.45, 2.75) is 6.18 Å². The maximum absolute atomic E-state index is 12.9. The Kier molecular flexibility index (Phi) is 6.20. The van der Waals surface area contributed by atoms with E-state index in [2.05, 4.69) is 5.32 Å². The van der Waals surface area contributed by atoms with Crippen LogP contribution in [-0.4, -0.2) is 47.0 Å². The van der Waals surface area contributed by atoms with E-state index >= 15 is 0 Å². The van der Waals surface area contributed by atoms with E-state index < -0.39 is 22.4 Å². The van der Waals surface area contributed by atoms with Crippen LogP contribution in [-0.2, 0) is 6.18 Å². The second-order valence-electron chi connectivity index (χ2n) is 6.56. The number of hydrogen-bond acceptors (Lipinski definition) is 5. The van der Waals surface area contributed by atoms with Crippen LogP contribution in [0.15, 0.2) is 48.5 Å². The van der Waals surface area contributed by atoms with Gasteiger partial charge in [0, 0.05) is 37.8 Å². The molecule has 0 atom stereocenters. The monoisotopic (exact) mass is 438 g/mol. The van der Waals surface area contributed by atoms with Crippen molar-refractivity contribution in [2.24, 2.45) is 0 Å². The van der Waals surface area contributed by atoms with E-state index in [4.69, 9.17) is 12.2 Å². The number of amides is 1. The highest BCUT2D eigenvalue weighted by atomic mass is 32.1. The van der Waals surface area contributed by atoms with Crippen molar-refractivity contribution >= 4 is 34.6 Å². The van der Waals surface area contributed by atoms with Gasteiger partial charge in [0.1, 0.15) is 5.69 Å². The van der Waals surface area contributed by atoms with E-state index in [1.54, 1.807) is 40.1 Å². The molecule has 1 N–H and O–H groups in total. The summed E-state index contributed by atoms with van der Waals surface area (Å²) in [5, 5.41) is 14.2. The Balaban J connectivity index is 1.66. The SMILES string of the molecule is O=C(NC(=S)N1CCN(c2ccc(C(F)(F)F)cc2[N+](=O)[O-])CC1)c1ccccc1. The number of nitro groups is 1. The van der Waals surface area contributed by atoms with Crippen LogP contribution in [0.1, 0.15) is 15.9 Å². The third kappa shape index (κ3) is 4.85. The Labute approximate surface area is 175 Å². The first kappa shape index (κ1) is 21.5. The molecule has 0 spiro atoms. The van der Waals surface area contributed by atoms with E-state index in [1.165, 1.54) is 0 Å². The molecule has 0 bridgehead atoms. The van der Waals surface area contributed by atoms with E-state index in [0.29, 0.717) is 37.8 Å². The van der Waals surface area contributed by atoms with Crippen LogP contribution in [0.5, 0.6) is 0 Å². The summed E-state index contributed by atoms with van der Waals surface area (Å²) in [4.78, 5) is 26.1. The molecule has 1 fully saturated rings. The van der Waals surface area contributed by atoms with Gasteiger partial charge in [-0.15, -0.1) is 0 Å². The number of carbonyl (C=O) groups is 1. The third-order valence-electron chi connectivity index (χ3n) is 4.66. The van der Waals surface area contributed by atoms with Gasteiger partial charge in [-0.25, -0.2) is 0 Å². The fraction of sp³-hybridized carbons (Fsp3) is 0.263. The summed E-state index contributed by atoms with van der Waals surface area (Å²) < 4.78 is 38.6. The fourth-order valence-electron chi connectivity index (χ4n) is 3.10. The Hall–Kier alpha value is -3.21. The van der Waals surface area contributed by atoms with Crippen LogP contribution in [0.4, 0.5) is 24.5 Å². The first-order valence-electron chi connectivity index (χ1n) is 8.92. The predicted octanol–water partition coefficient (Wildman–Crippen LogP) is 3.45. The van der Waals surface area contributed by atoms with E-state index in [0.717, 1.165) is 12.1 Å². The number of benzene rings is 2. The molecule has 30 heavy (non-hydrogen) atoms. The molecule has 1 aliphatic rings. The minimum absolute atomic E-state index is 0.117. The standard InChI is InChI=1S/C19H17F3N4O3S/c20-19(21,22)14-6-7-15(16(12-14)26(28)29)24-8-10-25(11-9-24)18(30)23-17(27)13-4-2-1-3-5-13/h1-7,12H,8-11H2,(H,23,27,30). The average molecular weight is 438 g/mol. The molecule has 158 valence electrons. The van der Waals surface area contributed by atoms with Crippen molar-refractivity contribution in [3.63, 3.8) is 0 Å². The summed E-state index contributed by atoms with van der Waals surface area (Å²) in [6.07, 6.45) is -4.66. The third-order valence-corrected chi connectivity index (χ3v) is 5.02. The lowest BCUT2D eigenvalue weighted by atomic mass is 10.1. The number of halogens is 3. The van der Waals surface area contributed by atoms with E-state index in [9.17, 15) is 28.1 Å². The molecule has 0 aliphatic carbocycles. The summed E-state index contributed by atoms with van der Waals surface area (Å²) in [7, 11) is 0. The zero-order valence-corrected chi connectivity index (χ0v) is 16.4. The molecule has 0 unspecified atom stereocenters. The summed E-state index contributed by atoms with van der Waals surface area (Å²) in [6.45, 7) is 1.30. The van der Waals surface area contributed by atoms with Gasteiger partial charge in [-0.05, 0) is 36.5 Å². The van der Waals surface area contributed by atoms with Crippen molar-refractivity contribution in [1.82, 2.24) is 10.2 Å². The lowest BCUT2D eigenvalue weighted by Crippen LogP contribution is -2.52. The first-order chi connectivity index (χ1) is 14.2. The molecule has 11 heteroatoms. The zero-order chi connectivity index (χ0) is 21.9. The molecular formula is C19H17F3N4O3S. The molecule has 1 saturated heterocycles. The topological polar surface area (TPSA) is 78.7 Å². The molecule has 0 radical (unpaired) electrons. The number of rotatable bonds is 3. The average Bonchev–Trinajstić information content (AvgIpc) is 2.73. The number of thiocarbonyl (C=S) groups is 1. The van der Waals surface area contributed by atoms with Crippen molar-refractivity contribution in [2.75, 3.05) is 31.1 Å². The lowest BCUT2D eigenvalue weighted by molar-refractivity contribution is -0.384. The fourth-order valence-corrected chi connectivity index (χ4v) is 3.38. The van der Waals surface area contributed by atoms with Crippen LogP contribution in [0.25, 0.3) is 0 Å². The number of nitrogens with one attached hydrogen (secondary N) is 1. The van der Waals surface area contributed by atoms with Crippen LogP contribution in [0, 0.1) is 10.1 Å². The highest BCUT2D eigenvalue weighted by Crippen LogP contribution is 2.36. The molecule has 0 aromatic heterocycles. The van der Waals surface area contributed by atoms with Crippen LogP contribution >= 0.6 is 12.2 Å². The molecular weight excluding hydrogens is 421 g/mol. The molecule has 1 heterocycles. The van der Waals surface area contributed by atoms with Crippen molar-refractivity contribution < 1.29 is 22.9 Å². The number of anilines is 1. The van der Waals surface area contributed by atoms with Gasteiger partial charge in [-0.2, -0.15) is 13.2 Å². The van der Waals surface area contributed by atoms with Crippen molar-refractivity contribution in [3.8, 4) is 0 Å². The Morgan fingerprint density at radius 3 is 2.27 bits per heavy atom. The Morgan fingerprint density at radius 2 is 1.70 bits per heavy atom. The Morgan fingerprint density at radius 1 is 1.07 bits per heavy atom. The van der Waals surface area contributed by atoms with Gasteiger partial charge in [-0.3, -0.25) is 20.2 Å². The number of hydrogen-bond donors (Lipinski definition) is 1. The molecule has 3 rings (SSSR count). The van der Waals surface area contributed by atoms with Gasteiger partial charge in [-0.1, -0.05) is 18.2 Å². The van der Waals surface area contributed by atoms with Gasteiger partial charge in [0.25, 0.3) is 11.6 Å². The molecule has 2 aromatic rings. The second-order valence-corrected chi connectivity index (χ2v) is 6.94. The van der Waals surface area contributed by atoms with Gasteiger partial charge in [0.05, 0.1) is 10.5 Å². The zero-order valence-electron chi connectivity index (χ0n) is 15.6. The van der Waals surface area contributed by atoms with Gasteiger partial charge >= 0.3 is 6.18 Å². The molecule has 1 aliphatic heterocycles. The second kappa shape index (κ2) is 8.66.